The van der Waals surface area contributed by atoms with Gasteiger partial charge in [0.15, 0.2) is 6.04 Å². The van der Waals surface area contributed by atoms with Crippen molar-refractivity contribution in [1.82, 2.24) is 9.78 Å². The molecule has 0 saturated carbocycles. The molecule has 10 heteroatoms. The Labute approximate surface area is 187 Å². The number of fused-ring (bicyclic) bond motifs is 3. The zero-order valence-electron chi connectivity index (χ0n) is 18.6. The Bertz CT molecular complexity index is 1220. The zero-order chi connectivity index (χ0) is 22.8. The lowest BCUT2D eigenvalue weighted by molar-refractivity contribution is -0.122. The van der Waals surface area contributed by atoms with Crippen LogP contribution in [0.2, 0.25) is 0 Å². The quantitative estimate of drug-likeness (QED) is 0.632. The van der Waals surface area contributed by atoms with Crippen LogP contribution in [0, 0.1) is 4.78 Å². The van der Waals surface area contributed by atoms with E-state index in [9.17, 15) is 9.00 Å². The third-order valence-corrected chi connectivity index (χ3v) is 7.80. The Balaban J connectivity index is 1.55. The predicted molar refractivity (Wildman–Crippen MR) is 119 cm³/mol. The first kappa shape index (κ1) is 21.4. The Morgan fingerprint density at radius 2 is 2.19 bits per heavy atom. The molecule has 5 rings (SSSR count). The van der Waals surface area contributed by atoms with E-state index in [1.54, 1.807) is 21.0 Å². The number of rotatable bonds is 5. The molecular weight excluding hydrogens is 430 g/mol. The number of benzene rings is 1. The van der Waals surface area contributed by atoms with Crippen LogP contribution in [0.1, 0.15) is 60.9 Å². The summed E-state index contributed by atoms with van der Waals surface area (Å²) in [5, 5.41) is 13.0. The van der Waals surface area contributed by atoms with Gasteiger partial charge in [-0.25, -0.2) is 18.8 Å². The second-order valence-corrected chi connectivity index (χ2v) is 11.1. The van der Waals surface area contributed by atoms with Gasteiger partial charge in [0.2, 0.25) is 5.88 Å². The first-order chi connectivity index (χ1) is 15.1. The lowest BCUT2D eigenvalue weighted by Crippen LogP contribution is -2.41. The molecule has 2 heterocycles. The van der Waals surface area contributed by atoms with Crippen LogP contribution in [-0.4, -0.2) is 39.2 Å². The van der Waals surface area contributed by atoms with Crippen LogP contribution in [0.3, 0.4) is 0 Å². The van der Waals surface area contributed by atoms with Crippen molar-refractivity contribution in [2.24, 2.45) is 5.14 Å². The van der Waals surface area contributed by atoms with Crippen LogP contribution in [0.5, 0.6) is 5.88 Å². The summed E-state index contributed by atoms with van der Waals surface area (Å²) in [6.45, 7) is 4.19. The number of amides is 1. The number of carbonyl (C=O) groups is 1. The summed E-state index contributed by atoms with van der Waals surface area (Å²) in [7, 11) is -1.82. The first-order valence-corrected chi connectivity index (χ1v) is 12.5. The Kier molecular flexibility index (Phi) is 4.88. The summed E-state index contributed by atoms with van der Waals surface area (Å²) >= 11 is 0. The molecule has 2 aliphatic carbocycles. The van der Waals surface area contributed by atoms with Crippen LogP contribution < -0.4 is 15.2 Å². The van der Waals surface area contributed by atoms with Crippen molar-refractivity contribution in [2.75, 3.05) is 19.0 Å². The van der Waals surface area contributed by atoms with Crippen molar-refractivity contribution in [3.8, 4) is 5.88 Å². The van der Waals surface area contributed by atoms with E-state index >= 15 is 0 Å². The molecule has 2 aromatic rings. The summed E-state index contributed by atoms with van der Waals surface area (Å²) < 4.78 is 32.7. The smallest absolute Gasteiger partial charge is 0.253 e. The van der Waals surface area contributed by atoms with Gasteiger partial charge in [-0.2, -0.15) is 5.10 Å². The Morgan fingerprint density at radius 3 is 2.91 bits per heavy atom. The van der Waals surface area contributed by atoms with Crippen LogP contribution >= 0.6 is 0 Å². The fourth-order valence-corrected chi connectivity index (χ4v) is 6.12. The van der Waals surface area contributed by atoms with Crippen molar-refractivity contribution in [1.29, 1.82) is 4.78 Å². The molecule has 1 aliphatic heterocycles. The predicted octanol–water partition coefficient (Wildman–Crippen LogP) is 2.68. The van der Waals surface area contributed by atoms with E-state index in [1.807, 2.05) is 0 Å². The van der Waals surface area contributed by atoms with Crippen LogP contribution in [0.4, 0.5) is 5.69 Å². The van der Waals surface area contributed by atoms with E-state index in [0.717, 1.165) is 37.8 Å². The van der Waals surface area contributed by atoms with Crippen molar-refractivity contribution in [3.63, 3.8) is 0 Å². The molecular formula is C22H29N5O4S. The van der Waals surface area contributed by atoms with Gasteiger partial charge in [0.05, 0.1) is 12.8 Å². The summed E-state index contributed by atoms with van der Waals surface area (Å²) in [5.41, 5.74) is 4.99. The Hall–Kier alpha value is -2.43. The zero-order valence-corrected chi connectivity index (χ0v) is 19.4. The number of nitrogens with zero attached hydrogens (tertiary/aromatic N) is 2. The van der Waals surface area contributed by atoms with Crippen LogP contribution in [-0.2, 0) is 38.7 Å². The average molecular weight is 460 g/mol. The number of methoxy groups -OCH3 is 1. The Morgan fingerprint density at radius 1 is 1.41 bits per heavy atom. The van der Waals surface area contributed by atoms with Gasteiger partial charge >= 0.3 is 0 Å². The summed E-state index contributed by atoms with van der Waals surface area (Å²) in [6, 6.07) is 1.53. The monoisotopic (exact) mass is 459 g/mol. The number of aryl methyl sites for hydroxylation is 2. The van der Waals surface area contributed by atoms with Gasteiger partial charge in [-0.1, -0.05) is 6.07 Å². The minimum Gasteiger partial charge on any atom is -0.468 e. The molecule has 1 aromatic heterocycles. The fraction of sp³-hybridized carbons (Fsp3) is 0.545. The van der Waals surface area contributed by atoms with Crippen LogP contribution in [0.15, 0.2) is 17.2 Å². The molecule has 4 N–H and O–H groups in total. The first-order valence-electron chi connectivity index (χ1n) is 10.9. The van der Waals surface area contributed by atoms with Crippen molar-refractivity contribution in [2.45, 2.75) is 68.4 Å². The second kappa shape index (κ2) is 7.29. The number of nitrogens with two attached hydrogens (primary N) is 1. The minimum absolute atomic E-state index is 0.00234. The highest BCUT2D eigenvalue weighted by molar-refractivity contribution is 7.90. The molecule has 2 unspecified atom stereocenters. The maximum Gasteiger partial charge on any atom is 0.253 e. The molecule has 0 fully saturated rings. The van der Waals surface area contributed by atoms with E-state index < -0.39 is 21.6 Å². The standard InChI is InChI=1S/C22H29N5O4S/c1-22(2)19(27-21(31-22)16(10-25-27)32(23,24)29)20(28)26-18-15-6-4-5-12(15)9-13-7-8-14(11-30-3)17(13)18/h9-10,14,19H,4-8,11H2,1-3H3,(H,26,28)(H3,23,24,29)/t14-,19?/m0/s1. The molecule has 1 amide bonds. The van der Waals surface area contributed by atoms with Crippen molar-refractivity contribution in [3.05, 3.63) is 34.5 Å². The molecule has 32 heavy (non-hydrogen) atoms. The molecule has 3 aliphatic rings. The fourth-order valence-electron chi connectivity index (χ4n) is 5.52. The summed E-state index contributed by atoms with van der Waals surface area (Å²) in [4.78, 5) is 13.7. The minimum atomic E-state index is -3.53. The van der Waals surface area contributed by atoms with Gasteiger partial charge in [-0.3, -0.25) is 4.79 Å². The highest BCUT2D eigenvalue weighted by atomic mass is 32.2. The topological polar surface area (TPSA) is 132 Å². The van der Waals surface area contributed by atoms with E-state index in [-0.39, 0.29) is 22.6 Å². The number of hydrogen-bond acceptors (Lipinski definition) is 6. The van der Waals surface area contributed by atoms with E-state index in [2.05, 4.69) is 16.5 Å². The molecule has 0 saturated heterocycles. The molecule has 1 aromatic carbocycles. The van der Waals surface area contributed by atoms with Gasteiger partial charge in [0.1, 0.15) is 20.4 Å². The van der Waals surface area contributed by atoms with Gasteiger partial charge in [0, 0.05) is 18.7 Å². The van der Waals surface area contributed by atoms with E-state index in [1.165, 1.54) is 33.1 Å². The third kappa shape index (κ3) is 3.23. The van der Waals surface area contributed by atoms with Gasteiger partial charge in [-0.05, 0) is 68.2 Å². The summed E-state index contributed by atoms with van der Waals surface area (Å²) in [6.07, 6.45) is 6.29. The highest BCUT2D eigenvalue weighted by Gasteiger charge is 2.49. The summed E-state index contributed by atoms with van der Waals surface area (Å²) in [5.74, 6) is 0.127. The lowest BCUT2D eigenvalue weighted by atomic mass is 9.93. The SMILES string of the molecule is COC[C@@H]1CCc2cc3c(c(NC(=O)C4n5ncc(S(=N)(N)=O)c5OC4(C)C)c21)CCC3. The molecule has 0 bridgehead atoms. The highest BCUT2D eigenvalue weighted by Crippen LogP contribution is 2.46. The van der Waals surface area contributed by atoms with Crippen molar-refractivity contribution >= 4 is 21.5 Å². The molecule has 9 nitrogen and oxygen atoms in total. The van der Waals surface area contributed by atoms with E-state index in [4.69, 9.17) is 19.4 Å². The molecule has 172 valence electrons. The number of aromatic nitrogens is 2. The van der Waals surface area contributed by atoms with Crippen LogP contribution in [0.25, 0.3) is 0 Å². The van der Waals surface area contributed by atoms with Gasteiger partial charge in [0.25, 0.3) is 5.91 Å². The lowest BCUT2D eigenvalue weighted by Gasteiger charge is -2.26. The van der Waals surface area contributed by atoms with Gasteiger partial charge < -0.3 is 14.8 Å². The maximum atomic E-state index is 13.7. The largest absolute Gasteiger partial charge is 0.468 e. The average Bonchev–Trinajstić information content (AvgIpc) is 3.43. The number of hydrogen-bond donors (Lipinski definition) is 3. The van der Waals surface area contributed by atoms with E-state index in [0.29, 0.717) is 6.61 Å². The number of nitrogens with one attached hydrogen (secondary N) is 2. The third-order valence-electron chi connectivity index (χ3n) is 6.87. The number of ether oxygens (including phenoxy) is 2. The van der Waals surface area contributed by atoms with Gasteiger partial charge in [-0.15, -0.1) is 0 Å². The second-order valence-electron chi connectivity index (χ2n) is 9.46. The number of anilines is 1. The number of carbonyl (C=O) groups excluding carboxylic acids is 1. The normalized spacial score (nSPS) is 24.4. The molecule has 0 radical (unpaired) electrons. The molecule has 3 atom stereocenters. The van der Waals surface area contributed by atoms with Crippen molar-refractivity contribution < 1.29 is 18.5 Å². The maximum absolute atomic E-state index is 13.7. The molecule has 0 spiro atoms.